The van der Waals surface area contributed by atoms with Crippen LogP contribution in [0.1, 0.15) is 5.56 Å². The van der Waals surface area contributed by atoms with Crippen LogP contribution < -0.4 is 20.1 Å². The lowest BCUT2D eigenvalue weighted by Crippen LogP contribution is -2.29. The van der Waals surface area contributed by atoms with Crippen LogP contribution in [-0.2, 0) is 16.1 Å². The highest BCUT2D eigenvalue weighted by atomic mass is 35.5. The van der Waals surface area contributed by atoms with Crippen molar-refractivity contribution in [2.24, 2.45) is 0 Å². The smallest absolute Gasteiger partial charge is 0.262 e. The fourth-order valence-electron chi connectivity index (χ4n) is 2.17. The summed E-state index contributed by atoms with van der Waals surface area (Å²) >= 11 is 5.78. The largest absolute Gasteiger partial charge is 0.484 e. The minimum absolute atomic E-state index is 0.0190. The van der Waals surface area contributed by atoms with Crippen molar-refractivity contribution in [3.8, 4) is 11.5 Å². The molecule has 0 bridgehead atoms. The molecule has 2 aromatic rings. The van der Waals surface area contributed by atoms with Crippen LogP contribution in [0.25, 0.3) is 0 Å². The number of hydrogen-bond acceptors (Lipinski definition) is 4. The van der Waals surface area contributed by atoms with Gasteiger partial charge in [0.25, 0.3) is 11.8 Å². The summed E-state index contributed by atoms with van der Waals surface area (Å²) in [5.41, 5.74) is 1.45. The Bertz CT molecular complexity index is 762. The molecule has 0 aliphatic carbocycles. The van der Waals surface area contributed by atoms with Gasteiger partial charge in [-0.15, -0.1) is 0 Å². The summed E-state index contributed by atoms with van der Waals surface area (Å²) in [7, 11) is 0. The van der Waals surface area contributed by atoms with Crippen molar-refractivity contribution in [1.82, 2.24) is 5.32 Å². The molecule has 0 aromatic heterocycles. The second-order valence-electron chi connectivity index (χ2n) is 5.19. The molecule has 0 fully saturated rings. The Morgan fingerprint density at radius 2 is 2.04 bits per heavy atom. The van der Waals surface area contributed by atoms with Gasteiger partial charge >= 0.3 is 0 Å². The summed E-state index contributed by atoms with van der Waals surface area (Å²) < 4.78 is 10.7. The molecule has 124 valence electrons. The van der Waals surface area contributed by atoms with Crippen LogP contribution in [-0.4, -0.2) is 25.0 Å². The zero-order valence-electron chi connectivity index (χ0n) is 12.7. The lowest BCUT2D eigenvalue weighted by atomic mass is 10.1. The topological polar surface area (TPSA) is 76.7 Å². The first-order chi connectivity index (χ1) is 11.6. The second-order valence-corrected chi connectivity index (χ2v) is 5.62. The first-order valence-electron chi connectivity index (χ1n) is 7.31. The Balaban J connectivity index is 1.50. The first-order valence-corrected chi connectivity index (χ1v) is 7.68. The number of amides is 2. The van der Waals surface area contributed by atoms with E-state index in [-0.39, 0.29) is 25.0 Å². The maximum atomic E-state index is 11.8. The highest BCUT2D eigenvalue weighted by Crippen LogP contribution is 2.28. The zero-order valence-corrected chi connectivity index (χ0v) is 13.4. The number of carbonyl (C=O) groups excluding carboxylic acids is 2. The quantitative estimate of drug-likeness (QED) is 0.871. The van der Waals surface area contributed by atoms with E-state index in [9.17, 15) is 9.59 Å². The van der Waals surface area contributed by atoms with Gasteiger partial charge in [0.05, 0.1) is 5.69 Å². The second kappa shape index (κ2) is 7.23. The summed E-state index contributed by atoms with van der Waals surface area (Å²) in [6.45, 7) is 0.253. The van der Waals surface area contributed by atoms with E-state index < -0.39 is 0 Å². The molecular weight excluding hydrogens is 332 g/mol. The fraction of sp³-hybridized carbons (Fsp3) is 0.176. The van der Waals surface area contributed by atoms with E-state index in [1.807, 2.05) is 6.07 Å². The van der Waals surface area contributed by atoms with Crippen molar-refractivity contribution in [2.45, 2.75) is 6.54 Å². The molecule has 0 atom stereocenters. The number of carbonyl (C=O) groups is 2. The van der Waals surface area contributed by atoms with Crippen LogP contribution >= 0.6 is 11.6 Å². The highest BCUT2D eigenvalue weighted by molar-refractivity contribution is 6.30. The van der Waals surface area contributed by atoms with Crippen molar-refractivity contribution >= 4 is 29.1 Å². The summed E-state index contributed by atoms with van der Waals surface area (Å²) in [5.74, 6) is 0.752. The number of benzene rings is 2. The van der Waals surface area contributed by atoms with Gasteiger partial charge in [-0.25, -0.2) is 0 Å². The minimum atomic E-state index is -0.247. The van der Waals surface area contributed by atoms with Gasteiger partial charge in [-0.1, -0.05) is 17.7 Å². The molecule has 1 aliphatic heterocycles. The van der Waals surface area contributed by atoms with Crippen molar-refractivity contribution in [3.05, 3.63) is 53.1 Å². The van der Waals surface area contributed by atoms with E-state index >= 15 is 0 Å². The molecule has 2 N–H and O–H groups in total. The Labute approximate surface area is 143 Å². The Morgan fingerprint density at radius 1 is 1.25 bits per heavy atom. The third-order valence-electron chi connectivity index (χ3n) is 3.35. The van der Waals surface area contributed by atoms with Crippen LogP contribution in [0.4, 0.5) is 5.69 Å². The van der Waals surface area contributed by atoms with Crippen LogP contribution in [0.15, 0.2) is 42.5 Å². The Kier molecular flexibility index (Phi) is 4.86. The average Bonchev–Trinajstić information content (AvgIpc) is 2.59. The monoisotopic (exact) mass is 346 g/mol. The molecule has 6 nitrogen and oxygen atoms in total. The predicted octanol–water partition coefficient (Wildman–Crippen LogP) is 2.37. The van der Waals surface area contributed by atoms with E-state index in [1.165, 1.54) is 0 Å². The third kappa shape index (κ3) is 4.17. The van der Waals surface area contributed by atoms with E-state index in [0.717, 1.165) is 5.56 Å². The van der Waals surface area contributed by atoms with Gasteiger partial charge in [-0.2, -0.15) is 0 Å². The molecule has 2 amide bonds. The van der Waals surface area contributed by atoms with Crippen LogP contribution in [0.2, 0.25) is 5.02 Å². The van der Waals surface area contributed by atoms with Crippen molar-refractivity contribution in [1.29, 1.82) is 0 Å². The standard InChI is InChI=1S/C17H15ClN2O4/c18-12-2-4-13(5-3-12)23-9-16(21)19-8-11-1-6-15-14(7-11)20-17(22)10-24-15/h1-7H,8-10H2,(H,19,21)(H,20,22). The van der Waals surface area contributed by atoms with E-state index in [4.69, 9.17) is 21.1 Å². The molecule has 24 heavy (non-hydrogen) atoms. The molecular formula is C17H15ClN2O4. The number of halogens is 1. The number of rotatable bonds is 5. The van der Waals surface area contributed by atoms with Gasteiger partial charge in [-0.3, -0.25) is 9.59 Å². The summed E-state index contributed by atoms with van der Waals surface area (Å²) in [5, 5.41) is 6.09. The highest BCUT2D eigenvalue weighted by Gasteiger charge is 2.16. The molecule has 0 radical (unpaired) electrons. The molecule has 0 unspecified atom stereocenters. The molecule has 7 heteroatoms. The van der Waals surface area contributed by atoms with Crippen LogP contribution in [0, 0.1) is 0 Å². The van der Waals surface area contributed by atoms with Gasteiger partial charge < -0.3 is 20.1 Å². The molecule has 2 aromatic carbocycles. The van der Waals surface area contributed by atoms with E-state index in [2.05, 4.69) is 10.6 Å². The molecule has 0 saturated heterocycles. The fourth-order valence-corrected chi connectivity index (χ4v) is 2.30. The number of ether oxygens (including phenoxy) is 2. The summed E-state index contributed by atoms with van der Waals surface area (Å²) in [4.78, 5) is 23.2. The molecule has 0 saturated carbocycles. The maximum Gasteiger partial charge on any atom is 0.262 e. The lowest BCUT2D eigenvalue weighted by Gasteiger charge is -2.18. The molecule has 1 aliphatic rings. The lowest BCUT2D eigenvalue weighted by molar-refractivity contribution is -0.123. The SMILES string of the molecule is O=C(COc1ccc(Cl)cc1)NCc1ccc2c(c1)NC(=O)CO2. The number of nitrogens with one attached hydrogen (secondary N) is 2. The van der Waals surface area contributed by atoms with Crippen molar-refractivity contribution in [2.75, 3.05) is 18.5 Å². The Morgan fingerprint density at radius 3 is 2.83 bits per heavy atom. The van der Waals surface area contributed by atoms with Gasteiger partial charge in [0.2, 0.25) is 0 Å². The van der Waals surface area contributed by atoms with Gasteiger partial charge in [-0.05, 0) is 42.0 Å². The number of fused-ring (bicyclic) bond motifs is 1. The predicted molar refractivity (Wildman–Crippen MR) is 89.4 cm³/mol. The average molecular weight is 347 g/mol. The first kappa shape index (κ1) is 16.1. The van der Waals surface area contributed by atoms with Gasteiger partial charge in [0, 0.05) is 11.6 Å². The minimum Gasteiger partial charge on any atom is -0.484 e. The summed E-state index contributed by atoms with van der Waals surface area (Å²) in [6, 6.07) is 12.1. The van der Waals surface area contributed by atoms with Gasteiger partial charge in [0.15, 0.2) is 13.2 Å². The van der Waals surface area contributed by atoms with E-state index in [0.29, 0.717) is 28.8 Å². The number of anilines is 1. The zero-order chi connectivity index (χ0) is 16.9. The molecule has 0 spiro atoms. The normalized spacial score (nSPS) is 12.6. The van der Waals surface area contributed by atoms with Crippen LogP contribution in [0.3, 0.4) is 0 Å². The van der Waals surface area contributed by atoms with Crippen molar-refractivity contribution in [3.63, 3.8) is 0 Å². The number of hydrogen-bond donors (Lipinski definition) is 2. The summed E-state index contributed by atoms with van der Waals surface area (Å²) in [6.07, 6.45) is 0. The third-order valence-corrected chi connectivity index (χ3v) is 3.60. The van der Waals surface area contributed by atoms with Crippen LogP contribution in [0.5, 0.6) is 11.5 Å². The van der Waals surface area contributed by atoms with E-state index in [1.54, 1.807) is 36.4 Å². The van der Waals surface area contributed by atoms with Gasteiger partial charge in [0.1, 0.15) is 11.5 Å². The molecule has 1 heterocycles. The maximum absolute atomic E-state index is 11.8. The Hall–Kier alpha value is -2.73. The van der Waals surface area contributed by atoms with Crippen molar-refractivity contribution < 1.29 is 19.1 Å². The molecule has 3 rings (SSSR count).